The zero-order valence-corrected chi connectivity index (χ0v) is 12.1. The van der Waals surface area contributed by atoms with Crippen LogP contribution in [0.15, 0.2) is 23.3 Å². The molecule has 3 heterocycles. The van der Waals surface area contributed by atoms with Crippen LogP contribution in [0.25, 0.3) is 0 Å². The zero-order valence-electron chi connectivity index (χ0n) is 12.1. The minimum Gasteiger partial charge on any atom is -0.347 e. The molecular weight excluding hydrogens is 282 g/mol. The molecule has 2 aromatic rings. The molecule has 7 nitrogen and oxygen atoms in total. The Morgan fingerprint density at radius 2 is 2.14 bits per heavy atom. The third-order valence-electron chi connectivity index (χ3n) is 4.29. The van der Waals surface area contributed by atoms with Crippen molar-refractivity contribution in [3.8, 4) is 0 Å². The van der Waals surface area contributed by atoms with Crippen molar-refractivity contribution in [2.45, 2.75) is 37.6 Å². The second-order valence-electron chi connectivity index (χ2n) is 5.92. The number of aromatic nitrogens is 4. The number of carbonyl (C=O) groups is 1. The SMILES string of the molecule is O=C(c1cc(=O)[nH]c(C2CC2)n1)N1CCCC1c1ncc[nH]1. The molecule has 2 aliphatic rings. The van der Waals surface area contributed by atoms with Gasteiger partial charge in [-0.15, -0.1) is 0 Å². The van der Waals surface area contributed by atoms with E-state index in [1.165, 1.54) is 6.07 Å². The lowest BCUT2D eigenvalue weighted by Gasteiger charge is -2.22. The highest BCUT2D eigenvalue weighted by atomic mass is 16.2. The van der Waals surface area contributed by atoms with E-state index in [2.05, 4.69) is 19.9 Å². The number of imidazole rings is 1. The average molecular weight is 299 g/mol. The van der Waals surface area contributed by atoms with Crippen LogP contribution >= 0.6 is 0 Å². The van der Waals surface area contributed by atoms with Gasteiger partial charge in [-0.05, 0) is 25.7 Å². The first kappa shape index (κ1) is 13.2. The second kappa shape index (κ2) is 5.08. The van der Waals surface area contributed by atoms with Crippen LogP contribution < -0.4 is 5.56 Å². The topological polar surface area (TPSA) is 94.7 Å². The van der Waals surface area contributed by atoms with Crippen LogP contribution in [-0.4, -0.2) is 37.3 Å². The Labute approximate surface area is 126 Å². The maximum Gasteiger partial charge on any atom is 0.273 e. The summed E-state index contributed by atoms with van der Waals surface area (Å²) >= 11 is 0. The molecule has 0 bridgehead atoms. The Balaban J connectivity index is 1.65. The van der Waals surface area contributed by atoms with E-state index in [-0.39, 0.29) is 23.2 Å². The smallest absolute Gasteiger partial charge is 0.273 e. The molecule has 1 aliphatic carbocycles. The quantitative estimate of drug-likeness (QED) is 0.894. The number of nitrogens with zero attached hydrogens (tertiary/aromatic N) is 3. The monoisotopic (exact) mass is 299 g/mol. The predicted molar refractivity (Wildman–Crippen MR) is 78.4 cm³/mol. The summed E-state index contributed by atoms with van der Waals surface area (Å²) in [5, 5.41) is 0. The summed E-state index contributed by atoms with van der Waals surface area (Å²) in [5.74, 6) is 1.55. The minimum absolute atomic E-state index is 0.0621. The third kappa shape index (κ3) is 2.32. The van der Waals surface area contributed by atoms with E-state index in [0.29, 0.717) is 18.3 Å². The lowest BCUT2D eigenvalue weighted by atomic mass is 10.2. The van der Waals surface area contributed by atoms with Gasteiger partial charge in [-0.2, -0.15) is 0 Å². The third-order valence-corrected chi connectivity index (χ3v) is 4.29. The van der Waals surface area contributed by atoms with Gasteiger partial charge in [0.05, 0.1) is 6.04 Å². The van der Waals surface area contributed by atoms with Crippen LogP contribution in [0.2, 0.25) is 0 Å². The Kier molecular flexibility index (Phi) is 3.06. The molecule has 1 saturated heterocycles. The molecular formula is C15H17N5O2. The van der Waals surface area contributed by atoms with Crippen molar-refractivity contribution in [2.24, 2.45) is 0 Å². The van der Waals surface area contributed by atoms with E-state index in [1.54, 1.807) is 17.3 Å². The van der Waals surface area contributed by atoms with E-state index in [4.69, 9.17) is 0 Å². The van der Waals surface area contributed by atoms with Gasteiger partial charge in [0.15, 0.2) is 0 Å². The standard InChI is InChI=1S/C15H17N5O2/c21-12-8-10(18-13(19-12)9-3-4-9)15(22)20-7-1-2-11(20)14-16-5-6-17-14/h5-6,8-9,11H,1-4,7H2,(H,16,17)(H,18,19,21). The molecule has 114 valence electrons. The summed E-state index contributed by atoms with van der Waals surface area (Å²) in [6.07, 6.45) is 7.30. The highest BCUT2D eigenvalue weighted by Crippen LogP contribution is 2.37. The number of aromatic amines is 2. The normalized spacial score (nSPS) is 21.3. The fourth-order valence-electron chi connectivity index (χ4n) is 3.04. The zero-order chi connectivity index (χ0) is 15.1. The van der Waals surface area contributed by atoms with Gasteiger partial charge in [-0.3, -0.25) is 9.59 Å². The second-order valence-corrected chi connectivity index (χ2v) is 5.92. The summed E-state index contributed by atoms with van der Waals surface area (Å²) in [7, 11) is 0. The van der Waals surface area contributed by atoms with Crippen molar-refractivity contribution < 1.29 is 4.79 Å². The molecule has 1 aliphatic heterocycles. The average Bonchev–Trinajstić information content (AvgIpc) is 3.01. The van der Waals surface area contributed by atoms with Crippen LogP contribution in [0, 0.1) is 0 Å². The van der Waals surface area contributed by atoms with Crippen molar-refractivity contribution in [1.82, 2.24) is 24.8 Å². The van der Waals surface area contributed by atoms with E-state index in [9.17, 15) is 9.59 Å². The van der Waals surface area contributed by atoms with E-state index >= 15 is 0 Å². The Bertz CT molecular complexity index is 748. The van der Waals surface area contributed by atoms with Gasteiger partial charge < -0.3 is 14.9 Å². The number of amides is 1. The largest absolute Gasteiger partial charge is 0.347 e. The molecule has 0 aromatic carbocycles. The van der Waals surface area contributed by atoms with Crippen LogP contribution in [0.3, 0.4) is 0 Å². The fraction of sp³-hybridized carbons (Fsp3) is 0.467. The van der Waals surface area contributed by atoms with Crippen LogP contribution in [0.1, 0.15) is 59.8 Å². The molecule has 1 unspecified atom stereocenters. The van der Waals surface area contributed by atoms with Crippen molar-refractivity contribution in [3.05, 3.63) is 46.2 Å². The minimum atomic E-state index is -0.256. The molecule has 4 rings (SSSR count). The summed E-state index contributed by atoms with van der Waals surface area (Å²) in [4.78, 5) is 40.8. The van der Waals surface area contributed by atoms with Gasteiger partial charge in [-0.1, -0.05) is 0 Å². The highest BCUT2D eigenvalue weighted by molar-refractivity contribution is 5.92. The Hall–Kier alpha value is -2.44. The van der Waals surface area contributed by atoms with Crippen LogP contribution in [-0.2, 0) is 0 Å². The van der Waals surface area contributed by atoms with Crippen molar-refractivity contribution in [1.29, 1.82) is 0 Å². The number of rotatable bonds is 3. The lowest BCUT2D eigenvalue weighted by Crippen LogP contribution is -2.33. The Morgan fingerprint density at radius 3 is 2.86 bits per heavy atom. The highest BCUT2D eigenvalue weighted by Gasteiger charge is 2.34. The number of hydrogen-bond donors (Lipinski definition) is 2. The molecule has 2 N–H and O–H groups in total. The molecule has 1 saturated carbocycles. The molecule has 7 heteroatoms. The van der Waals surface area contributed by atoms with E-state index in [1.807, 2.05) is 0 Å². The van der Waals surface area contributed by atoms with Crippen molar-refractivity contribution >= 4 is 5.91 Å². The van der Waals surface area contributed by atoms with Gasteiger partial charge in [0, 0.05) is 30.9 Å². The van der Waals surface area contributed by atoms with Gasteiger partial charge in [0.2, 0.25) is 0 Å². The van der Waals surface area contributed by atoms with Crippen molar-refractivity contribution in [2.75, 3.05) is 6.54 Å². The summed E-state index contributed by atoms with van der Waals surface area (Å²) in [6.45, 7) is 0.664. The summed E-state index contributed by atoms with van der Waals surface area (Å²) < 4.78 is 0. The maximum atomic E-state index is 12.8. The van der Waals surface area contributed by atoms with E-state index in [0.717, 1.165) is 31.5 Å². The number of carbonyl (C=O) groups excluding carboxylic acids is 1. The van der Waals surface area contributed by atoms with E-state index < -0.39 is 0 Å². The molecule has 1 amide bonds. The number of hydrogen-bond acceptors (Lipinski definition) is 4. The molecule has 2 aromatic heterocycles. The molecule has 1 atom stereocenters. The van der Waals surface area contributed by atoms with Gasteiger partial charge in [0.25, 0.3) is 11.5 Å². The molecule has 0 radical (unpaired) electrons. The number of nitrogens with one attached hydrogen (secondary N) is 2. The predicted octanol–water partition coefficient (Wildman–Crippen LogP) is 1.35. The first-order chi connectivity index (χ1) is 10.7. The Morgan fingerprint density at radius 1 is 1.27 bits per heavy atom. The van der Waals surface area contributed by atoms with Gasteiger partial charge >= 0.3 is 0 Å². The maximum absolute atomic E-state index is 12.8. The molecule has 0 spiro atoms. The molecule has 2 fully saturated rings. The summed E-state index contributed by atoms with van der Waals surface area (Å²) in [5.41, 5.74) is -0.0156. The number of likely N-dealkylation sites (tertiary alicyclic amines) is 1. The first-order valence-electron chi connectivity index (χ1n) is 7.64. The lowest BCUT2D eigenvalue weighted by molar-refractivity contribution is 0.0723. The van der Waals surface area contributed by atoms with Gasteiger partial charge in [0.1, 0.15) is 17.3 Å². The van der Waals surface area contributed by atoms with Crippen LogP contribution in [0.4, 0.5) is 0 Å². The fourth-order valence-corrected chi connectivity index (χ4v) is 3.04. The first-order valence-corrected chi connectivity index (χ1v) is 7.64. The van der Waals surface area contributed by atoms with Gasteiger partial charge in [-0.25, -0.2) is 9.97 Å². The van der Waals surface area contributed by atoms with Crippen LogP contribution in [0.5, 0.6) is 0 Å². The number of H-pyrrole nitrogens is 2. The van der Waals surface area contributed by atoms with Crippen molar-refractivity contribution in [3.63, 3.8) is 0 Å². The summed E-state index contributed by atoms with van der Waals surface area (Å²) in [6, 6.07) is 1.24. The molecule has 22 heavy (non-hydrogen) atoms.